The highest BCUT2D eigenvalue weighted by atomic mass is 32.2. The summed E-state index contributed by atoms with van der Waals surface area (Å²) in [4.78, 5) is 18.8. The summed E-state index contributed by atoms with van der Waals surface area (Å²) in [5.41, 5.74) is 1.25. The average Bonchev–Trinajstić information content (AvgIpc) is 3.45. The summed E-state index contributed by atoms with van der Waals surface area (Å²) in [6.07, 6.45) is 4.23. The first-order chi connectivity index (χ1) is 16.2. The highest BCUT2D eigenvalue weighted by Gasteiger charge is 2.30. The second-order valence-corrected chi connectivity index (χ2v) is 9.56. The van der Waals surface area contributed by atoms with Gasteiger partial charge in [0.15, 0.2) is 0 Å². The number of carbonyl (C=O) groups excluding carboxylic acids is 1. The summed E-state index contributed by atoms with van der Waals surface area (Å²) in [7, 11) is -4.24. The van der Waals surface area contributed by atoms with E-state index in [1.54, 1.807) is 18.3 Å². The fraction of sp³-hybridized carbons (Fsp3) is 0.364. The number of rotatable bonds is 8. The first-order valence-electron chi connectivity index (χ1n) is 10.8. The molecule has 0 aliphatic carbocycles. The van der Waals surface area contributed by atoms with E-state index in [1.807, 2.05) is 9.62 Å². The molecule has 12 heteroatoms. The number of pyridine rings is 1. The number of nitrogens with zero attached hydrogens (tertiary/aromatic N) is 4. The standard InChI is InChI=1S/C22H24F3N5O3S/c1-2-28(11-9-23)34(32,33)27-22(31)20-13-26-21-8-6-16(14-30(20)21)29-10-3-4-19(29)17-12-15(24)5-7-18(17)25/h5-8,12-14,19H,2-4,9-11H2,1H3,(H,27,31). The number of fused-ring (bicyclic) bond motifs is 1. The number of hydrogen-bond donors (Lipinski definition) is 1. The van der Waals surface area contributed by atoms with E-state index < -0.39 is 40.5 Å². The van der Waals surface area contributed by atoms with E-state index in [0.717, 1.165) is 22.9 Å². The maximum absolute atomic E-state index is 14.4. The number of hydrogen-bond acceptors (Lipinski definition) is 5. The van der Waals surface area contributed by atoms with Crippen molar-refractivity contribution < 1.29 is 26.4 Å². The molecule has 8 nitrogen and oxygen atoms in total. The molecule has 34 heavy (non-hydrogen) atoms. The predicted octanol–water partition coefficient (Wildman–Crippen LogP) is 3.22. The van der Waals surface area contributed by atoms with Gasteiger partial charge in [-0.3, -0.25) is 9.20 Å². The van der Waals surface area contributed by atoms with E-state index in [-0.39, 0.29) is 24.3 Å². The summed E-state index contributed by atoms with van der Waals surface area (Å²) in [6.45, 7) is 0.865. The molecule has 3 aromatic rings. The predicted molar refractivity (Wildman–Crippen MR) is 120 cm³/mol. The van der Waals surface area contributed by atoms with Crippen LogP contribution in [0.3, 0.4) is 0 Å². The van der Waals surface area contributed by atoms with Gasteiger partial charge in [-0.25, -0.2) is 22.9 Å². The molecule has 1 atom stereocenters. The molecule has 1 fully saturated rings. The van der Waals surface area contributed by atoms with Gasteiger partial charge in [-0.05, 0) is 43.2 Å². The number of anilines is 1. The number of imidazole rings is 1. The Morgan fingerprint density at radius 1 is 1.26 bits per heavy atom. The Bertz CT molecular complexity index is 1310. The van der Waals surface area contributed by atoms with E-state index in [2.05, 4.69) is 4.98 Å². The van der Waals surface area contributed by atoms with Crippen LogP contribution in [0.1, 0.15) is 41.9 Å². The van der Waals surface area contributed by atoms with Crippen molar-refractivity contribution in [3.8, 4) is 0 Å². The fourth-order valence-corrected chi connectivity index (χ4v) is 5.37. The number of alkyl halides is 1. The van der Waals surface area contributed by atoms with Crippen LogP contribution >= 0.6 is 0 Å². The lowest BCUT2D eigenvalue weighted by Gasteiger charge is -2.27. The van der Waals surface area contributed by atoms with Gasteiger partial charge in [-0.2, -0.15) is 12.7 Å². The first kappa shape index (κ1) is 24.0. The second kappa shape index (κ2) is 9.63. The Balaban J connectivity index is 1.65. The minimum absolute atomic E-state index is 0.00315. The molecule has 2 aromatic heterocycles. The van der Waals surface area contributed by atoms with Gasteiger partial charge in [-0.15, -0.1) is 0 Å². The van der Waals surface area contributed by atoms with Crippen LogP contribution in [0, 0.1) is 11.6 Å². The van der Waals surface area contributed by atoms with Crippen LogP contribution in [-0.2, 0) is 10.2 Å². The van der Waals surface area contributed by atoms with Crippen LogP contribution in [0.4, 0.5) is 18.9 Å². The van der Waals surface area contributed by atoms with Crippen molar-refractivity contribution in [3.63, 3.8) is 0 Å². The van der Waals surface area contributed by atoms with Crippen LogP contribution in [0.15, 0.2) is 42.7 Å². The number of halogens is 3. The molecule has 1 unspecified atom stereocenters. The van der Waals surface area contributed by atoms with Gasteiger partial charge in [0, 0.05) is 31.4 Å². The molecule has 182 valence electrons. The van der Waals surface area contributed by atoms with Crippen molar-refractivity contribution in [3.05, 3.63) is 65.6 Å². The maximum atomic E-state index is 14.4. The van der Waals surface area contributed by atoms with Crippen LogP contribution in [0.25, 0.3) is 5.65 Å². The van der Waals surface area contributed by atoms with Crippen molar-refractivity contribution in [1.82, 2.24) is 18.4 Å². The summed E-state index contributed by atoms with van der Waals surface area (Å²) < 4.78 is 70.0. The first-order valence-corrected chi connectivity index (χ1v) is 12.3. The molecule has 4 rings (SSSR count). The SMILES string of the molecule is CCN(CCF)S(=O)(=O)NC(=O)c1cnc2ccc(N3CCCC3c3cc(F)ccc3F)cn12. The van der Waals surface area contributed by atoms with Gasteiger partial charge in [0.05, 0.1) is 17.9 Å². The van der Waals surface area contributed by atoms with Crippen LogP contribution in [0.5, 0.6) is 0 Å². The Hall–Kier alpha value is -3.12. The zero-order chi connectivity index (χ0) is 24.5. The zero-order valence-corrected chi connectivity index (χ0v) is 19.2. The van der Waals surface area contributed by atoms with Crippen LogP contribution < -0.4 is 9.62 Å². The molecule has 1 saturated heterocycles. The number of benzene rings is 1. The summed E-state index contributed by atoms with van der Waals surface area (Å²) in [5, 5.41) is 0. The lowest BCUT2D eigenvalue weighted by Crippen LogP contribution is -2.44. The molecule has 0 saturated carbocycles. The topological polar surface area (TPSA) is 87.0 Å². The highest BCUT2D eigenvalue weighted by Crippen LogP contribution is 2.37. The van der Waals surface area contributed by atoms with Crippen molar-refractivity contribution in [1.29, 1.82) is 0 Å². The van der Waals surface area contributed by atoms with Gasteiger partial charge in [-0.1, -0.05) is 6.92 Å². The monoisotopic (exact) mass is 495 g/mol. The van der Waals surface area contributed by atoms with E-state index in [4.69, 9.17) is 0 Å². The molecule has 1 N–H and O–H groups in total. The Labute approximate surface area is 195 Å². The van der Waals surface area contributed by atoms with Gasteiger partial charge < -0.3 is 4.90 Å². The van der Waals surface area contributed by atoms with E-state index in [9.17, 15) is 26.4 Å². The normalized spacial score (nSPS) is 16.5. The van der Waals surface area contributed by atoms with Gasteiger partial charge in [0.2, 0.25) is 0 Å². The number of aromatic nitrogens is 2. The quantitative estimate of drug-likeness (QED) is 0.519. The minimum atomic E-state index is -4.24. The van der Waals surface area contributed by atoms with Gasteiger partial charge >= 0.3 is 10.2 Å². The Morgan fingerprint density at radius 3 is 2.79 bits per heavy atom. The Kier molecular flexibility index (Phi) is 6.80. The zero-order valence-electron chi connectivity index (χ0n) is 18.4. The van der Waals surface area contributed by atoms with Crippen molar-refractivity contribution in [2.75, 3.05) is 31.2 Å². The molecule has 1 aliphatic heterocycles. The van der Waals surface area contributed by atoms with Crippen LogP contribution in [0.2, 0.25) is 0 Å². The molecule has 0 spiro atoms. The summed E-state index contributed by atoms with van der Waals surface area (Å²) in [5.74, 6) is -1.94. The largest absolute Gasteiger partial charge is 0.363 e. The third kappa shape index (κ3) is 4.60. The molecular formula is C22H24F3N5O3S. The molecule has 1 amide bonds. The third-order valence-electron chi connectivity index (χ3n) is 5.87. The van der Waals surface area contributed by atoms with Crippen molar-refractivity contribution >= 4 is 27.5 Å². The van der Waals surface area contributed by atoms with Crippen LogP contribution in [-0.4, -0.2) is 54.3 Å². The number of carbonyl (C=O) groups is 1. The second-order valence-electron chi connectivity index (χ2n) is 7.89. The molecule has 0 radical (unpaired) electrons. The number of amides is 1. The number of nitrogens with one attached hydrogen (secondary N) is 1. The van der Waals surface area contributed by atoms with Crippen molar-refractivity contribution in [2.24, 2.45) is 0 Å². The fourth-order valence-electron chi connectivity index (χ4n) is 4.25. The van der Waals surface area contributed by atoms with Crippen molar-refractivity contribution in [2.45, 2.75) is 25.8 Å². The van der Waals surface area contributed by atoms with Gasteiger partial charge in [0.1, 0.15) is 29.7 Å². The molecule has 3 heterocycles. The Morgan fingerprint density at radius 2 is 2.06 bits per heavy atom. The average molecular weight is 496 g/mol. The maximum Gasteiger partial charge on any atom is 0.304 e. The lowest BCUT2D eigenvalue weighted by atomic mass is 10.0. The highest BCUT2D eigenvalue weighted by molar-refractivity contribution is 7.87. The molecule has 1 aromatic carbocycles. The molecule has 1 aliphatic rings. The van der Waals surface area contributed by atoms with E-state index >= 15 is 0 Å². The molecular weight excluding hydrogens is 471 g/mol. The lowest BCUT2D eigenvalue weighted by molar-refractivity contribution is 0.0973. The summed E-state index contributed by atoms with van der Waals surface area (Å²) >= 11 is 0. The smallest absolute Gasteiger partial charge is 0.304 e. The third-order valence-corrected chi connectivity index (χ3v) is 7.44. The van der Waals surface area contributed by atoms with E-state index in [1.165, 1.54) is 23.6 Å². The van der Waals surface area contributed by atoms with E-state index in [0.29, 0.717) is 24.3 Å². The minimum Gasteiger partial charge on any atom is -0.363 e. The summed E-state index contributed by atoms with van der Waals surface area (Å²) in [6, 6.07) is 6.38. The van der Waals surface area contributed by atoms with Gasteiger partial charge in [0.25, 0.3) is 5.91 Å². The molecule has 0 bridgehead atoms.